The molecule has 1 N–H and O–H groups in total. The number of unbranched alkanes of at least 4 members (excludes halogenated alkanes) is 1. The summed E-state index contributed by atoms with van der Waals surface area (Å²) in [6.45, 7) is 0. The summed E-state index contributed by atoms with van der Waals surface area (Å²) in [6, 6.07) is 8.54. The maximum absolute atomic E-state index is 3.32. The summed E-state index contributed by atoms with van der Waals surface area (Å²) in [4.78, 5) is 3.32. The molecule has 0 amide bonds. The van der Waals surface area contributed by atoms with E-state index in [0.717, 1.165) is 0 Å². The number of hydrogen-bond donors (Lipinski definition) is 1. The first kappa shape index (κ1) is 9.86. The molecule has 1 aromatic carbocycles. The Kier molecular flexibility index (Phi) is 3.31. The Morgan fingerprint density at radius 3 is 2.86 bits per heavy atom. The zero-order valence-electron chi connectivity index (χ0n) is 8.29. The van der Waals surface area contributed by atoms with Crippen LogP contribution in [0.4, 0.5) is 0 Å². The molecule has 0 saturated carbocycles. The topological polar surface area (TPSA) is 15.8 Å². The van der Waals surface area contributed by atoms with Gasteiger partial charge in [-0.25, -0.2) is 0 Å². The van der Waals surface area contributed by atoms with Crippen molar-refractivity contribution in [3.05, 3.63) is 36.0 Å². The van der Waals surface area contributed by atoms with Gasteiger partial charge in [-0.15, -0.1) is 0 Å². The minimum absolute atomic E-state index is 1.22. The third kappa shape index (κ3) is 2.04. The van der Waals surface area contributed by atoms with E-state index in [0.29, 0.717) is 0 Å². The molecular weight excluding hydrogens is 233 g/mol. The van der Waals surface area contributed by atoms with Crippen molar-refractivity contribution in [2.24, 2.45) is 0 Å². The van der Waals surface area contributed by atoms with E-state index in [1.54, 1.807) is 0 Å². The second kappa shape index (κ2) is 4.70. The van der Waals surface area contributed by atoms with Crippen molar-refractivity contribution in [1.29, 1.82) is 0 Å². The average molecular weight is 249 g/mol. The number of para-hydroxylation sites is 1. The van der Waals surface area contributed by atoms with E-state index in [-0.39, 0.29) is 0 Å². The van der Waals surface area contributed by atoms with Gasteiger partial charge in [0.25, 0.3) is 0 Å². The fourth-order valence-corrected chi connectivity index (χ4v) is 2.40. The van der Waals surface area contributed by atoms with Crippen molar-refractivity contribution < 1.29 is 0 Å². The summed E-state index contributed by atoms with van der Waals surface area (Å²) in [5.41, 5.74) is 2.74. The molecule has 2 rings (SSSR count). The standard InChI is InChI=1S/C12H16AsN/c13-8-4-3-5-10-9-14-12-7-2-1-6-11(10)12/h1-2,6-7,9,14H,3-5,8,13H2. The number of rotatable bonds is 4. The molecule has 0 aliphatic heterocycles. The number of benzene rings is 1. The van der Waals surface area contributed by atoms with Crippen LogP contribution in [0.2, 0.25) is 5.21 Å². The predicted octanol–water partition coefficient (Wildman–Crippen LogP) is 2.54. The average Bonchev–Trinajstić information content (AvgIpc) is 2.63. The van der Waals surface area contributed by atoms with Gasteiger partial charge in [0.1, 0.15) is 0 Å². The van der Waals surface area contributed by atoms with Gasteiger partial charge < -0.3 is 0 Å². The molecule has 0 aliphatic carbocycles. The second-order valence-electron chi connectivity index (χ2n) is 3.61. The van der Waals surface area contributed by atoms with Crippen LogP contribution in [-0.2, 0) is 6.42 Å². The number of fused-ring (bicyclic) bond motifs is 1. The molecule has 0 saturated heterocycles. The van der Waals surface area contributed by atoms with Gasteiger partial charge in [-0.2, -0.15) is 0 Å². The summed E-state index contributed by atoms with van der Waals surface area (Å²) in [5.74, 6) is 0. The molecule has 0 radical (unpaired) electrons. The summed E-state index contributed by atoms with van der Waals surface area (Å²) < 4.78 is 0. The Hall–Kier alpha value is -0.682. The van der Waals surface area contributed by atoms with E-state index in [1.165, 1.54) is 40.9 Å². The first-order chi connectivity index (χ1) is 6.92. The number of hydrogen-bond acceptors (Lipinski definition) is 0. The zero-order valence-corrected chi connectivity index (χ0v) is 10.7. The molecule has 1 aromatic heterocycles. The third-order valence-electron chi connectivity index (χ3n) is 2.58. The number of aromatic amines is 1. The van der Waals surface area contributed by atoms with Gasteiger partial charge in [-0.3, -0.25) is 0 Å². The van der Waals surface area contributed by atoms with Crippen molar-refractivity contribution in [1.82, 2.24) is 4.98 Å². The van der Waals surface area contributed by atoms with Gasteiger partial charge in [0, 0.05) is 0 Å². The monoisotopic (exact) mass is 249 g/mol. The van der Waals surface area contributed by atoms with Crippen LogP contribution in [0.3, 0.4) is 0 Å². The van der Waals surface area contributed by atoms with Crippen molar-refractivity contribution in [2.75, 3.05) is 0 Å². The SMILES string of the molecule is [AsH2]CCCCc1c[nH]c2ccccc12. The summed E-state index contributed by atoms with van der Waals surface area (Å²) in [6.07, 6.45) is 6.05. The second-order valence-corrected chi connectivity index (χ2v) is 4.82. The number of H-pyrrole nitrogens is 1. The van der Waals surface area contributed by atoms with Crippen LogP contribution >= 0.6 is 0 Å². The number of nitrogens with one attached hydrogen (secondary N) is 1. The molecule has 1 nitrogen and oxygen atoms in total. The molecule has 0 aliphatic rings. The first-order valence-corrected chi connectivity index (χ1v) is 6.88. The molecule has 1 unspecified atom stereocenters. The van der Waals surface area contributed by atoms with Crippen molar-refractivity contribution >= 4 is 27.8 Å². The van der Waals surface area contributed by atoms with Gasteiger partial charge in [0.2, 0.25) is 0 Å². The molecule has 1 heterocycles. The Morgan fingerprint density at radius 2 is 2.00 bits per heavy atom. The minimum atomic E-state index is 1.22. The van der Waals surface area contributed by atoms with Crippen molar-refractivity contribution in [3.8, 4) is 0 Å². The van der Waals surface area contributed by atoms with Crippen LogP contribution in [-0.4, -0.2) is 21.8 Å². The van der Waals surface area contributed by atoms with Gasteiger partial charge in [-0.05, 0) is 0 Å². The summed E-state index contributed by atoms with van der Waals surface area (Å²) in [7, 11) is 0. The fraction of sp³-hybridized carbons (Fsp3) is 0.333. The molecule has 0 bridgehead atoms. The zero-order chi connectivity index (χ0) is 9.80. The van der Waals surface area contributed by atoms with E-state index in [2.05, 4.69) is 35.4 Å². The predicted molar refractivity (Wildman–Crippen MR) is 64.6 cm³/mol. The van der Waals surface area contributed by atoms with Crippen LogP contribution in [0.5, 0.6) is 0 Å². The van der Waals surface area contributed by atoms with Crippen LogP contribution in [0.1, 0.15) is 18.4 Å². The molecule has 0 fully saturated rings. The molecule has 14 heavy (non-hydrogen) atoms. The fourth-order valence-electron chi connectivity index (χ4n) is 1.80. The van der Waals surface area contributed by atoms with E-state index in [9.17, 15) is 0 Å². The normalized spacial score (nSPS) is 10.9. The summed E-state index contributed by atoms with van der Waals surface area (Å²) >= 11 is 1.84. The number of aromatic nitrogens is 1. The van der Waals surface area contributed by atoms with E-state index >= 15 is 0 Å². The third-order valence-corrected chi connectivity index (χ3v) is 3.43. The Balaban J connectivity index is 2.17. The first-order valence-electron chi connectivity index (χ1n) is 5.17. The van der Waals surface area contributed by atoms with Crippen LogP contribution in [0.15, 0.2) is 30.5 Å². The van der Waals surface area contributed by atoms with E-state index in [4.69, 9.17) is 0 Å². The van der Waals surface area contributed by atoms with Crippen LogP contribution < -0.4 is 0 Å². The summed E-state index contributed by atoms with van der Waals surface area (Å²) in [5, 5.41) is 2.75. The van der Waals surface area contributed by atoms with Crippen LogP contribution in [0, 0.1) is 0 Å². The van der Waals surface area contributed by atoms with Gasteiger partial charge in [0.05, 0.1) is 0 Å². The van der Waals surface area contributed by atoms with Crippen molar-refractivity contribution in [2.45, 2.75) is 24.5 Å². The maximum atomic E-state index is 3.32. The molecule has 2 heteroatoms. The molecule has 1 atom stereocenters. The molecule has 0 spiro atoms. The Morgan fingerprint density at radius 1 is 1.14 bits per heavy atom. The van der Waals surface area contributed by atoms with Gasteiger partial charge in [-0.1, -0.05) is 0 Å². The van der Waals surface area contributed by atoms with Gasteiger partial charge in [0.15, 0.2) is 0 Å². The van der Waals surface area contributed by atoms with Crippen LogP contribution in [0.25, 0.3) is 10.9 Å². The van der Waals surface area contributed by atoms with Crippen molar-refractivity contribution in [3.63, 3.8) is 0 Å². The molecule has 2 aromatic rings. The Bertz CT molecular complexity index is 405. The van der Waals surface area contributed by atoms with E-state index in [1.807, 2.05) is 16.9 Å². The number of aryl methyl sites for hydroxylation is 1. The molecular formula is C12H16AsN. The Labute approximate surface area is 93.4 Å². The van der Waals surface area contributed by atoms with Gasteiger partial charge >= 0.3 is 93.2 Å². The van der Waals surface area contributed by atoms with E-state index < -0.39 is 0 Å². The quantitative estimate of drug-likeness (QED) is 0.633. The molecule has 74 valence electrons.